The topological polar surface area (TPSA) is 55.8 Å². The van der Waals surface area contributed by atoms with Gasteiger partial charge in [-0.2, -0.15) is 0 Å². The van der Waals surface area contributed by atoms with E-state index in [-0.39, 0.29) is 11.3 Å². The van der Waals surface area contributed by atoms with Crippen LogP contribution in [0.2, 0.25) is 0 Å². The van der Waals surface area contributed by atoms with Crippen LogP contribution in [-0.4, -0.2) is 24.8 Å². The number of phenols is 1. The van der Waals surface area contributed by atoms with Crippen molar-refractivity contribution < 1.29 is 19.4 Å². The van der Waals surface area contributed by atoms with Crippen LogP contribution in [0, 0.1) is 13.8 Å². The fourth-order valence-corrected chi connectivity index (χ4v) is 1.90. The largest absolute Gasteiger partial charge is 0.507 e. The fourth-order valence-electron chi connectivity index (χ4n) is 1.90. The molecule has 110 valence electrons. The van der Waals surface area contributed by atoms with Crippen molar-refractivity contribution in [2.24, 2.45) is 0 Å². The van der Waals surface area contributed by atoms with Gasteiger partial charge in [0.25, 0.3) is 0 Å². The van der Waals surface area contributed by atoms with E-state index < -0.39 is 5.97 Å². The molecule has 0 fully saturated rings. The molecule has 0 aliphatic rings. The van der Waals surface area contributed by atoms with Crippen LogP contribution >= 0.6 is 0 Å². The molecule has 1 aromatic rings. The molecule has 0 aromatic heterocycles. The quantitative estimate of drug-likeness (QED) is 0.491. The molecule has 0 heterocycles. The maximum atomic E-state index is 11.6. The van der Waals surface area contributed by atoms with Crippen LogP contribution in [0.15, 0.2) is 18.2 Å². The summed E-state index contributed by atoms with van der Waals surface area (Å²) < 4.78 is 10.3. The average molecular weight is 278 g/mol. The van der Waals surface area contributed by atoms with Gasteiger partial charge in [0.1, 0.15) is 17.1 Å². The highest BCUT2D eigenvalue weighted by Crippen LogP contribution is 2.33. The normalized spacial score (nSPS) is 10.8. The van der Waals surface area contributed by atoms with Crippen LogP contribution in [0.3, 0.4) is 0 Å². The molecule has 0 saturated carbocycles. The highest BCUT2D eigenvalue weighted by molar-refractivity contribution is 5.95. The zero-order chi connectivity index (χ0) is 15.1. The molecule has 1 aromatic carbocycles. The monoisotopic (exact) mass is 278 g/mol. The molecule has 0 aliphatic heterocycles. The number of hydrogen-bond acceptors (Lipinski definition) is 4. The third kappa shape index (κ3) is 3.76. The van der Waals surface area contributed by atoms with Crippen molar-refractivity contribution in [2.75, 3.05) is 13.7 Å². The van der Waals surface area contributed by atoms with Crippen LogP contribution in [0.1, 0.15) is 41.3 Å². The second-order valence-electron chi connectivity index (χ2n) is 4.55. The molecule has 4 nitrogen and oxygen atoms in total. The van der Waals surface area contributed by atoms with E-state index in [1.807, 2.05) is 0 Å². The van der Waals surface area contributed by atoms with Crippen molar-refractivity contribution in [2.45, 2.75) is 33.6 Å². The van der Waals surface area contributed by atoms with Crippen molar-refractivity contribution in [3.63, 3.8) is 0 Å². The Morgan fingerprint density at radius 3 is 2.65 bits per heavy atom. The first-order valence-corrected chi connectivity index (χ1v) is 6.72. The molecule has 20 heavy (non-hydrogen) atoms. The minimum atomic E-state index is -0.541. The summed E-state index contributed by atoms with van der Waals surface area (Å²) in [7, 11) is 1.29. The lowest BCUT2D eigenvalue weighted by Crippen LogP contribution is -2.07. The Morgan fingerprint density at radius 2 is 2.05 bits per heavy atom. The summed E-state index contributed by atoms with van der Waals surface area (Å²) in [5.41, 5.74) is 1.39. The Balaban J connectivity index is 2.90. The zero-order valence-corrected chi connectivity index (χ0v) is 12.5. The summed E-state index contributed by atoms with van der Waals surface area (Å²) in [6.07, 6.45) is 5.96. The van der Waals surface area contributed by atoms with Crippen LogP contribution in [-0.2, 0) is 4.74 Å². The molecule has 0 unspecified atom stereocenters. The number of rotatable bonds is 6. The number of carbonyl (C=O) groups excluding carboxylic acids is 1. The van der Waals surface area contributed by atoms with Gasteiger partial charge in [0, 0.05) is 5.56 Å². The second-order valence-corrected chi connectivity index (χ2v) is 4.55. The van der Waals surface area contributed by atoms with Gasteiger partial charge in [0.05, 0.1) is 13.7 Å². The van der Waals surface area contributed by atoms with Gasteiger partial charge in [-0.1, -0.05) is 19.1 Å². The van der Waals surface area contributed by atoms with Gasteiger partial charge in [0.2, 0.25) is 0 Å². The van der Waals surface area contributed by atoms with Gasteiger partial charge >= 0.3 is 5.97 Å². The van der Waals surface area contributed by atoms with Crippen molar-refractivity contribution in [1.29, 1.82) is 0 Å². The molecule has 0 saturated heterocycles. The van der Waals surface area contributed by atoms with Gasteiger partial charge < -0.3 is 14.6 Å². The standard InChI is InChI=1S/C16H22O4/c1-5-6-7-8-9-20-13-10-11(2)14(16(18)19-4)15(17)12(13)3/h6-7,10,17H,5,8-9H2,1-4H3/b7-6-. The molecular weight excluding hydrogens is 256 g/mol. The Hall–Kier alpha value is -1.97. The molecule has 0 aliphatic carbocycles. The summed E-state index contributed by atoms with van der Waals surface area (Å²) in [6.45, 7) is 6.08. The SMILES string of the molecule is CC/C=C\CCOc1cc(C)c(C(=O)OC)c(O)c1C. The number of allylic oxidation sites excluding steroid dienone is 1. The van der Waals surface area contributed by atoms with E-state index in [1.54, 1.807) is 19.9 Å². The number of carbonyl (C=O) groups is 1. The van der Waals surface area contributed by atoms with E-state index >= 15 is 0 Å². The maximum Gasteiger partial charge on any atom is 0.341 e. The highest BCUT2D eigenvalue weighted by atomic mass is 16.5. The molecular formula is C16H22O4. The first-order chi connectivity index (χ1) is 9.52. The summed E-state index contributed by atoms with van der Waals surface area (Å²) >= 11 is 0. The van der Waals surface area contributed by atoms with E-state index in [4.69, 9.17) is 4.74 Å². The number of phenolic OH excluding ortho intramolecular Hbond substituents is 1. The maximum absolute atomic E-state index is 11.6. The second kappa shape index (κ2) is 7.58. The van der Waals surface area contributed by atoms with E-state index in [0.29, 0.717) is 23.5 Å². The minimum absolute atomic E-state index is 0.0732. The predicted octanol–water partition coefficient (Wildman–Crippen LogP) is 3.53. The third-order valence-electron chi connectivity index (χ3n) is 3.04. The van der Waals surface area contributed by atoms with Crippen molar-refractivity contribution in [3.8, 4) is 11.5 Å². The van der Waals surface area contributed by atoms with E-state index in [9.17, 15) is 9.90 Å². The van der Waals surface area contributed by atoms with Crippen LogP contribution < -0.4 is 4.74 Å². The van der Waals surface area contributed by atoms with Gasteiger partial charge in [-0.3, -0.25) is 0 Å². The summed E-state index contributed by atoms with van der Waals surface area (Å²) in [4.78, 5) is 11.6. The van der Waals surface area contributed by atoms with Crippen molar-refractivity contribution in [1.82, 2.24) is 0 Å². The summed E-state index contributed by atoms with van der Waals surface area (Å²) in [6, 6.07) is 1.75. The molecule has 0 atom stereocenters. The van der Waals surface area contributed by atoms with Gasteiger partial charge in [-0.05, 0) is 38.3 Å². The molecule has 0 spiro atoms. The smallest absolute Gasteiger partial charge is 0.341 e. The first kappa shape index (κ1) is 16.1. The molecule has 4 heteroatoms. The van der Waals surface area contributed by atoms with Gasteiger partial charge in [-0.25, -0.2) is 4.79 Å². The number of esters is 1. The average Bonchev–Trinajstić information content (AvgIpc) is 2.43. The van der Waals surface area contributed by atoms with Crippen LogP contribution in [0.4, 0.5) is 0 Å². The molecule has 0 bridgehead atoms. The Kier molecular flexibility index (Phi) is 6.10. The van der Waals surface area contributed by atoms with Crippen LogP contribution in [0.5, 0.6) is 11.5 Å². The number of methoxy groups -OCH3 is 1. The van der Waals surface area contributed by atoms with Crippen molar-refractivity contribution in [3.05, 3.63) is 34.9 Å². The van der Waals surface area contributed by atoms with Gasteiger partial charge in [-0.15, -0.1) is 0 Å². The van der Waals surface area contributed by atoms with Crippen LogP contribution in [0.25, 0.3) is 0 Å². The molecule has 1 rings (SSSR count). The lowest BCUT2D eigenvalue weighted by Gasteiger charge is -2.14. The Bertz CT molecular complexity index is 504. The molecule has 0 amide bonds. The minimum Gasteiger partial charge on any atom is -0.507 e. The number of ether oxygens (including phenoxy) is 2. The van der Waals surface area contributed by atoms with E-state index in [1.165, 1.54) is 7.11 Å². The van der Waals surface area contributed by atoms with Gasteiger partial charge in [0.15, 0.2) is 0 Å². The predicted molar refractivity (Wildman–Crippen MR) is 78.5 cm³/mol. The fraction of sp³-hybridized carbons (Fsp3) is 0.438. The summed E-state index contributed by atoms with van der Waals surface area (Å²) in [5.74, 6) is -0.0194. The zero-order valence-electron chi connectivity index (χ0n) is 12.5. The third-order valence-corrected chi connectivity index (χ3v) is 3.04. The van der Waals surface area contributed by atoms with E-state index in [2.05, 4.69) is 23.8 Å². The number of hydrogen-bond donors (Lipinski definition) is 1. The number of benzene rings is 1. The first-order valence-electron chi connectivity index (χ1n) is 6.72. The summed E-state index contributed by atoms with van der Waals surface area (Å²) in [5, 5.41) is 10.1. The molecule has 1 N–H and O–H groups in total. The Labute approximate surface area is 120 Å². The Morgan fingerprint density at radius 1 is 1.35 bits per heavy atom. The highest BCUT2D eigenvalue weighted by Gasteiger charge is 2.19. The number of aryl methyl sites for hydroxylation is 1. The van der Waals surface area contributed by atoms with E-state index in [0.717, 1.165) is 12.8 Å². The molecule has 0 radical (unpaired) electrons. The lowest BCUT2D eigenvalue weighted by atomic mass is 10.0. The lowest BCUT2D eigenvalue weighted by molar-refractivity contribution is 0.0596. The number of aromatic hydroxyl groups is 1. The van der Waals surface area contributed by atoms with Crippen molar-refractivity contribution >= 4 is 5.97 Å².